The van der Waals surface area contributed by atoms with Gasteiger partial charge in [-0.2, -0.15) is 0 Å². The van der Waals surface area contributed by atoms with Crippen LogP contribution in [0.4, 0.5) is 5.69 Å². The number of hydrogen-bond acceptors (Lipinski definition) is 8. The summed E-state index contributed by atoms with van der Waals surface area (Å²) >= 11 is 1.40. The van der Waals surface area contributed by atoms with Crippen LogP contribution in [0.1, 0.15) is 93.7 Å². The van der Waals surface area contributed by atoms with E-state index in [1.807, 2.05) is 85.8 Å². The zero-order valence-electron chi connectivity index (χ0n) is 28.7. The maximum absolute atomic E-state index is 13.9. The predicted octanol–water partition coefficient (Wildman–Crippen LogP) is 11.1. The monoisotopic (exact) mass is 621 g/mol. The van der Waals surface area contributed by atoms with E-state index in [1.54, 1.807) is 42.7 Å². The lowest BCUT2D eigenvalue weighted by Crippen LogP contribution is -2.26. The van der Waals surface area contributed by atoms with Crippen molar-refractivity contribution in [3.05, 3.63) is 87.0 Å². The molecule has 0 amide bonds. The third-order valence-electron chi connectivity index (χ3n) is 5.56. The molecular weight excluding hydrogens is 570 g/mol. The summed E-state index contributed by atoms with van der Waals surface area (Å²) in [7, 11) is 0. The van der Waals surface area contributed by atoms with Crippen LogP contribution in [0.5, 0.6) is 0 Å². The highest BCUT2D eigenvalue weighted by Gasteiger charge is 2.21. The van der Waals surface area contributed by atoms with E-state index in [2.05, 4.69) is 29.2 Å². The fourth-order valence-corrected chi connectivity index (χ4v) is 4.88. The zero-order chi connectivity index (χ0) is 33.7. The van der Waals surface area contributed by atoms with E-state index < -0.39 is 0 Å². The highest BCUT2D eigenvalue weighted by molar-refractivity contribution is 7.18. The molecule has 0 atom stereocenters. The number of rotatable bonds is 8. The molecule has 0 radical (unpaired) electrons. The Morgan fingerprint density at radius 2 is 1.57 bits per heavy atom. The van der Waals surface area contributed by atoms with Gasteiger partial charge in [-0.15, -0.1) is 26.4 Å². The summed E-state index contributed by atoms with van der Waals surface area (Å²) in [5.41, 5.74) is 2.75. The summed E-state index contributed by atoms with van der Waals surface area (Å²) in [6.07, 6.45) is 7.89. The van der Waals surface area contributed by atoms with Crippen LogP contribution in [0.25, 0.3) is 32.6 Å². The minimum absolute atomic E-state index is 0.181. The largest absolute Gasteiger partial charge is 0.420 e. The Balaban J connectivity index is 0.00000187. The molecule has 3 aromatic heterocycles. The molecule has 3 heterocycles. The molecule has 4 rings (SSSR count). The molecule has 4 aromatic rings. The molecule has 8 nitrogen and oxygen atoms in total. The second kappa shape index (κ2) is 22.5. The molecule has 44 heavy (non-hydrogen) atoms. The third kappa shape index (κ3) is 10.9. The van der Waals surface area contributed by atoms with Gasteiger partial charge in [-0.05, 0) is 56.6 Å². The minimum Gasteiger partial charge on any atom is -0.420 e. The molecule has 1 aromatic carbocycles. The lowest BCUT2D eigenvalue weighted by atomic mass is 10.1. The second-order valence-electron chi connectivity index (χ2n) is 8.57. The molecule has 0 aliphatic carbocycles. The summed E-state index contributed by atoms with van der Waals surface area (Å²) in [4.78, 5) is 31.8. The van der Waals surface area contributed by atoms with Crippen LogP contribution >= 0.6 is 11.3 Å². The van der Waals surface area contributed by atoms with Gasteiger partial charge in [-0.3, -0.25) is 9.36 Å². The summed E-state index contributed by atoms with van der Waals surface area (Å²) in [6, 6.07) is 10.7. The molecular formula is C35H51N5O3S. The van der Waals surface area contributed by atoms with Gasteiger partial charge in [0.1, 0.15) is 11.5 Å². The molecule has 0 N–H and O–H groups in total. The van der Waals surface area contributed by atoms with Gasteiger partial charge in [-0.1, -0.05) is 97.7 Å². The van der Waals surface area contributed by atoms with Gasteiger partial charge in [0.15, 0.2) is 0 Å². The lowest BCUT2D eigenvalue weighted by molar-refractivity contribution is 0.534. The van der Waals surface area contributed by atoms with Crippen molar-refractivity contribution >= 4 is 17.0 Å². The third-order valence-corrected chi connectivity index (χ3v) is 6.65. The number of thiophene rings is 1. The van der Waals surface area contributed by atoms with Crippen molar-refractivity contribution < 1.29 is 4.42 Å². The Morgan fingerprint density at radius 3 is 2.11 bits per heavy atom. The maximum Gasteiger partial charge on any atom is 0.262 e. The fraction of sp³-hybridized carbons (Fsp3) is 0.429. The molecule has 0 saturated heterocycles. The van der Waals surface area contributed by atoms with Gasteiger partial charge >= 0.3 is 0 Å². The van der Waals surface area contributed by atoms with Gasteiger partial charge in [0, 0.05) is 23.9 Å². The smallest absolute Gasteiger partial charge is 0.262 e. The minimum atomic E-state index is -0.181. The number of aromatic nitrogens is 4. The molecule has 240 valence electrons. The van der Waals surface area contributed by atoms with Crippen molar-refractivity contribution in [1.82, 2.24) is 19.7 Å². The first-order valence-electron chi connectivity index (χ1n) is 15.6. The number of benzene rings is 1. The Bertz CT molecular complexity index is 1510. The van der Waals surface area contributed by atoms with Crippen LogP contribution < -0.4 is 5.56 Å². The van der Waals surface area contributed by atoms with Crippen LogP contribution in [0.15, 0.2) is 74.6 Å². The topological polar surface area (TPSA) is 103 Å². The van der Waals surface area contributed by atoms with Crippen LogP contribution in [-0.2, 0) is 6.54 Å². The maximum atomic E-state index is 13.9. The van der Waals surface area contributed by atoms with E-state index in [0.717, 1.165) is 15.3 Å². The highest BCUT2D eigenvalue weighted by atomic mass is 32.1. The molecule has 0 unspecified atom stereocenters. The quantitative estimate of drug-likeness (QED) is 0.143. The van der Waals surface area contributed by atoms with Gasteiger partial charge in [-0.25, -0.2) is 4.98 Å². The van der Waals surface area contributed by atoms with E-state index in [-0.39, 0.29) is 11.2 Å². The van der Waals surface area contributed by atoms with Crippen molar-refractivity contribution in [2.24, 2.45) is 5.18 Å². The molecule has 0 bridgehead atoms. The second-order valence-corrected chi connectivity index (χ2v) is 9.66. The van der Waals surface area contributed by atoms with E-state index in [0.29, 0.717) is 47.4 Å². The standard InChI is InChI=1S/C26H25N5O3S.C3H8.3C2H6/c1-5-9-18(6-2)14-15-31-24(19-10-7-8-11-20(19)30-33)27-16(3)23(26(31)32)21-12-13-22(35-21)25-29-28-17(4)34-25;1-3-2;3*1-2/h5-13H,14-15H2,1-4H3;3H2,1-2H3;3*1-2H3/b9-5-,18-6+;;;;. The summed E-state index contributed by atoms with van der Waals surface area (Å²) in [5.74, 6) is 1.31. The van der Waals surface area contributed by atoms with Crippen molar-refractivity contribution in [2.45, 2.75) is 102 Å². The number of aryl methyl sites for hydroxylation is 2. The first-order valence-corrected chi connectivity index (χ1v) is 16.4. The van der Waals surface area contributed by atoms with Crippen LogP contribution in [-0.4, -0.2) is 19.7 Å². The number of nitrogens with zero attached hydrogens (tertiary/aromatic N) is 5. The molecule has 9 heteroatoms. The predicted molar refractivity (Wildman–Crippen MR) is 189 cm³/mol. The fourth-order valence-electron chi connectivity index (χ4n) is 3.86. The lowest BCUT2D eigenvalue weighted by Gasteiger charge is -2.16. The normalized spacial score (nSPS) is 10.3. The van der Waals surface area contributed by atoms with Gasteiger partial charge < -0.3 is 4.42 Å². The average molecular weight is 622 g/mol. The first kappa shape index (κ1) is 40.0. The summed E-state index contributed by atoms with van der Waals surface area (Å²) in [6.45, 7) is 24.1. The summed E-state index contributed by atoms with van der Waals surface area (Å²) < 4.78 is 7.18. The van der Waals surface area contributed by atoms with E-state index >= 15 is 0 Å². The number of hydrogen-bond donors (Lipinski definition) is 0. The van der Waals surface area contributed by atoms with Crippen LogP contribution in [0, 0.1) is 18.8 Å². The van der Waals surface area contributed by atoms with Gasteiger partial charge in [0.25, 0.3) is 11.4 Å². The molecule has 0 fully saturated rings. The SMILES string of the molecule is C/C=C\C(=C/C)CCn1c(-c2ccccc2N=O)nc(C)c(-c2ccc(-c3nnc(C)o3)s2)c1=O.CC.CC.CC.CCC. The Kier molecular flexibility index (Phi) is 20.5. The number of nitroso groups, excluding NO2 is 1. The van der Waals surface area contributed by atoms with Gasteiger partial charge in [0.05, 0.1) is 16.1 Å². The summed E-state index contributed by atoms with van der Waals surface area (Å²) in [5, 5.41) is 11.1. The Labute approximate surface area is 268 Å². The molecule has 0 spiro atoms. The van der Waals surface area contributed by atoms with E-state index in [1.165, 1.54) is 17.8 Å². The van der Waals surface area contributed by atoms with Crippen molar-refractivity contribution in [2.75, 3.05) is 0 Å². The molecule has 0 saturated carbocycles. The van der Waals surface area contributed by atoms with Crippen molar-refractivity contribution in [1.29, 1.82) is 0 Å². The van der Waals surface area contributed by atoms with Crippen molar-refractivity contribution in [3.8, 4) is 32.6 Å². The highest BCUT2D eigenvalue weighted by Crippen LogP contribution is 2.35. The van der Waals surface area contributed by atoms with E-state index in [4.69, 9.17) is 9.40 Å². The van der Waals surface area contributed by atoms with Crippen LogP contribution in [0.3, 0.4) is 0 Å². The molecule has 0 aliphatic rings. The Morgan fingerprint density at radius 1 is 0.955 bits per heavy atom. The molecule has 0 aliphatic heterocycles. The first-order chi connectivity index (χ1) is 21.4. The zero-order valence-corrected chi connectivity index (χ0v) is 29.5. The average Bonchev–Trinajstić information content (AvgIpc) is 3.72. The van der Waals surface area contributed by atoms with Crippen molar-refractivity contribution in [3.63, 3.8) is 0 Å². The Hall–Kier alpha value is -3.98. The van der Waals surface area contributed by atoms with E-state index in [9.17, 15) is 9.70 Å². The number of allylic oxidation sites excluding steroid dienone is 4. The van der Waals surface area contributed by atoms with Gasteiger partial charge in [0.2, 0.25) is 5.89 Å². The van der Waals surface area contributed by atoms with Crippen LogP contribution in [0.2, 0.25) is 0 Å².